The van der Waals surface area contributed by atoms with Gasteiger partial charge in [-0.2, -0.15) is 0 Å². The minimum Gasteiger partial charge on any atom is -0.340 e. The Bertz CT molecular complexity index is 746. The molecule has 0 fully saturated rings. The van der Waals surface area contributed by atoms with Crippen LogP contribution >= 0.6 is 11.6 Å². The van der Waals surface area contributed by atoms with Crippen LogP contribution in [0.4, 0.5) is 4.39 Å². The van der Waals surface area contributed by atoms with Crippen molar-refractivity contribution in [2.75, 3.05) is 0 Å². The molecule has 19 heavy (non-hydrogen) atoms. The maximum atomic E-state index is 13.5. The molecule has 1 nitrogen and oxygen atoms in total. The monoisotopic (exact) mass is 273 g/mol. The van der Waals surface area contributed by atoms with Gasteiger partial charge in [0.05, 0.1) is 5.02 Å². The number of hydrogen-bond donors (Lipinski definition) is 0. The summed E-state index contributed by atoms with van der Waals surface area (Å²) in [7, 11) is 0. The fourth-order valence-electron chi connectivity index (χ4n) is 2.40. The Morgan fingerprint density at radius 1 is 1.11 bits per heavy atom. The van der Waals surface area contributed by atoms with Crippen LogP contribution in [0, 0.1) is 12.7 Å². The van der Waals surface area contributed by atoms with E-state index in [-0.39, 0.29) is 10.8 Å². The maximum absolute atomic E-state index is 13.5. The Morgan fingerprint density at radius 2 is 1.89 bits per heavy atom. The molecule has 0 N–H and O–H groups in total. The van der Waals surface area contributed by atoms with Crippen molar-refractivity contribution in [3.8, 4) is 0 Å². The molecule has 3 aromatic rings. The molecule has 0 aliphatic heterocycles. The van der Waals surface area contributed by atoms with E-state index in [2.05, 4.69) is 22.8 Å². The summed E-state index contributed by atoms with van der Waals surface area (Å²) < 4.78 is 15.6. The molecule has 3 heteroatoms. The van der Waals surface area contributed by atoms with E-state index in [1.165, 1.54) is 11.5 Å². The Labute approximate surface area is 116 Å². The van der Waals surface area contributed by atoms with E-state index in [1.54, 1.807) is 6.07 Å². The molecule has 0 atom stereocenters. The second kappa shape index (κ2) is 4.71. The molecule has 0 spiro atoms. The quantitative estimate of drug-likeness (QED) is 0.633. The van der Waals surface area contributed by atoms with Crippen molar-refractivity contribution in [1.29, 1.82) is 0 Å². The summed E-state index contributed by atoms with van der Waals surface area (Å²) in [4.78, 5) is 0. The van der Waals surface area contributed by atoms with E-state index in [1.807, 2.05) is 25.1 Å². The van der Waals surface area contributed by atoms with E-state index in [4.69, 9.17) is 11.6 Å². The lowest BCUT2D eigenvalue weighted by atomic mass is 10.2. The van der Waals surface area contributed by atoms with E-state index < -0.39 is 0 Å². The third-order valence-electron chi connectivity index (χ3n) is 3.38. The number of benzene rings is 2. The SMILES string of the molecule is Cc1cc2ccccc2n1Cc1cccc(F)c1Cl. The Balaban J connectivity index is 2.11. The first-order valence-corrected chi connectivity index (χ1v) is 6.52. The zero-order chi connectivity index (χ0) is 13.4. The molecule has 0 bridgehead atoms. The van der Waals surface area contributed by atoms with Crippen LogP contribution in [0.5, 0.6) is 0 Å². The second-order valence-corrected chi connectivity index (χ2v) is 5.02. The average molecular weight is 274 g/mol. The molecule has 96 valence electrons. The van der Waals surface area contributed by atoms with Gasteiger partial charge in [0, 0.05) is 17.8 Å². The van der Waals surface area contributed by atoms with Gasteiger partial charge >= 0.3 is 0 Å². The summed E-state index contributed by atoms with van der Waals surface area (Å²) in [6.07, 6.45) is 0. The van der Waals surface area contributed by atoms with Gasteiger partial charge in [-0.25, -0.2) is 4.39 Å². The lowest BCUT2D eigenvalue weighted by molar-refractivity contribution is 0.624. The van der Waals surface area contributed by atoms with Crippen molar-refractivity contribution in [3.05, 3.63) is 70.6 Å². The lowest BCUT2D eigenvalue weighted by Crippen LogP contribution is -2.02. The molecular weight excluding hydrogens is 261 g/mol. The number of rotatable bonds is 2. The fourth-order valence-corrected chi connectivity index (χ4v) is 2.58. The number of hydrogen-bond acceptors (Lipinski definition) is 0. The highest BCUT2D eigenvalue weighted by molar-refractivity contribution is 6.31. The fraction of sp³-hybridized carbons (Fsp3) is 0.125. The molecule has 0 saturated carbocycles. The summed E-state index contributed by atoms with van der Waals surface area (Å²) >= 11 is 6.03. The molecule has 2 aromatic carbocycles. The van der Waals surface area contributed by atoms with Crippen LogP contribution in [0.1, 0.15) is 11.3 Å². The van der Waals surface area contributed by atoms with Gasteiger partial charge in [-0.1, -0.05) is 41.9 Å². The van der Waals surface area contributed by atoms with Crippen LogP contribution in [-0.2, 0) is 6.54 Å². The van der Waals surface area contributed by atoms with Crippen molar-refractivity contribution in [2.24, 2.45) is 0 Å². The molecule has 0 saturated heterocycles. The number of nitrogens with zero attached hydrogens (tertiary/aromatic N) is 1. The highest BCUT2D eigenvalue weighted by Gasteiger charge is 2.09. The van der Waals surface area contributed by atoms with Gasteiger partial charge in [0.15, 0.2) is 0 Å². The van der Waals surface area contributed by atoms with Gasteiger partial charge in [0.25, 0.3) is 0 Å². The molecule has 0 aliphatic rings. The number of aryl methyl sites for hydroxylation is 1. The van der Waals surface area contributed by atoms with Crippen molar-refractivity contribution in [1.82, 2.24) is 4.57 Å². The minimum atomic E-state index is -0.367. The van der Waals surface area contributed by atoms with Crippen molar-refractivity contribution in [2.45, 2.75) is 13.5 Å². The van der Waals surface area contributed by atoms with Gasteiger partial charge in [-0.3, -0.25) is 0 Å². The first-order valence-electron chi connectivity index (χ1n) is 6.14. The summed E-state index contributed by atoms with van der Waals surface area (Å²) in [6.45, 7) is 2.63. The van der Waals surface area contributed by atoms with E-state index >= 15 is 0 Å². The largest absolute Gasteiger partial charge is 0.340 e. The zero-order valence-electron chi connectivity index (χ0n) is 10.5. The van der Waals surface area contributed by atoms with Gasteiger partial charge in [0.2, 0.25) is 0 Å². The second-order valence-electron chi connectivity index (χ2n) is 4.64. The van der Waals surface area contributed by atoms with Crippen LogP contribution < -0.4 is 0 Å². The van der Waals surface area contributed by atoms with Gasteiger partial charge in [-0.15, -0.1) is 0 Å². The smallest absolute Gasteiger partial charge is 0.142 e. The molecule has 0 amide bonds. The molecule has 0 radical (unpaired) electrons. The topological polar surface area (TPSA) is 4.93 Å². The summed E-state index contributed by atoms with van der Waals surface area (Å²) in [5, 5.41) is 1.40. The Kier molecular flexibility index (Phi) is 3.03. The molecule has 0 aliphatic carbocycles. The van der Waals surface area contributed by atoms with Crippen LogP contribution in [0.2, 0.25) is 5.02 Å². The maximum Gasteiger partial charge on any atom is 0.142 e. The standard InChI is InChI=1S/C16H13ClFN/c1-11-9-12-5-2-3-8-15(12)19(11)10-13-6-4-7-14(18)16(13)17/h2-9H,10H2,1H3. The Morgan fingerprint density at radius 3 is 2.74 bits per heavy atom. The van der Waals surface area contributed by atoms with E-state index in [0.29, 0.717) is 6.54 Å². The highest BCUT2D eigenvalue weighted by atomic mass is 35.5. The number of fused-ring (bicyclic) bond motifs is 1. The number of aromatic nitrogens is 1. The molecule has 3 rings (SSSR count). The van der Waals surface area contributed by atoms with Crippen molar-refractivity contribution >= 4 is 22.5 Å². The van der Waals surface area contributed by atoms with E-state index in [0.717, 1.165) is 16.8 Å². The summed E-state index contributed by atoms with van der Waals surface area (Å²) in [5.74, 6) is -0.367. The van der Waals surface area contributed by atoms with Crippen LogP contribution in [0.25, 0.3) is 10.9 Å². The zero-order valence-corrected chi connectivity index (χ0v) is 11.3. The summed E-state index contributed by atoms with van der Waals surface area (Å²) in [5.41, 5.74) is 3.08. The molecule has 1 heterocycles. The summed E-state index contributed by atoms with van der Waals surface area (Å²) in [6, 6.07) is 15.2. The van der Waals surface area contributed by atoms with Crippen molar-refractivity contribution in [3.63, 3.8) is 0 Å². The first-order chi connectivity index (χ1) is 9.16. The van der Waals surface area contributed by atoms with Crippen molar-refractivity contribution < 1.29 is 4.39 Å². The first kappa shape index (κ1) is 12.2. The normalized spacial score (nSPS) is 11.1. The Hall–Kier alpha value is -1.80. The highest BCUT2D eigenvalue weighted by Crippen LogP contribution is 2.25. The minimum absolute atomic E-state index is 0.208. The van der Waals surface area contributed by atoms with E-state index in [9.17, 15) is 4.39 Å². The predicted molar refractivity (Wildman–Crippen MR) is 77.2 cm³/mol. The van der Waals surface area contributed by atoms with Crippen LogP contribution in [0.15, 0.2) is 48.5 Å². The van der Waals surface area contributed by atoms with Crippen LogP contribution in [0.3, 0.4) is 0 Å². The lowest BCUT2D eigenvalue weighted by Gasteiger charge is -2.10. The molecule has 0 unspecified atom stereocenters. The van der Waals surface area contributed by atoms with Gasteiger partial charge in [-0.05, 0) is 36.1 Å². The number of halogens is 2. The van der Waals surface area contributed by atoms with Crippen LogP contribution in [-0.4, -0.2) is 4.57 Å². The third kappa shape index (κ3) is 2.13. The predicted octanol–water partition coefficient (Wildman–Crippen LogP) is 4.79. The van der Waals surface area contributed by atoms with Gasteiger partial charge < -0.3 is 4.57 Å². The number of para-hydroxylation sites is 1. The molecule has 1 aromatic heterocycles. The molecular formula is C16H13ClFN. The van der Waals surface area contributed by atoms with Gasteiger partial charge in [0.1, 0.15) is 5.82 Å². The average Bonchev–Trinajstić information content (AvgIpc) is 2.72. The third-order valence-corrected chi connectivity index (χ3v) is 3.80.